The number of amides is 2. The fraction of sp³-hybridized carbons (Fsp3) is 0.522. The summed E-state index contributed by atoms with van der Waals surface area (Å²) in [5, 5.41) is 5.54. The molecule has 2 heterocycles. The molecule has 0 radical (unpaired) electrons. The fourth-order valence-corrected chi connectivity index (χ4v) is 4.44. The summed E-state index contributed by atoms with van der Waals surface area (Å²) in [6, 6.07) is 6.28. The lowest BCUT2D eigenvalue weighted by Gasteiger charge is -2.34. The fourth-order valence-electron chi connectivity index (χ4n) is 3.70. The van der Waals surface area contributed by atoms with Crippen molar-refractivity contribution < 1.29 is 9.59 Å². The van der Waals surface area contributed by atoms with Crippen molar-refractivity contribution in [2.75, 3.05) is 57.7 Å². The van der Waals surface area contributed by atoms with E-state index < -0.39 is 0 Å². The molecule has 1 fully saturated rings. The molecular weight excluding hydrogens is 410 g/mol. The number of carbonyl (C=O) groups is 2. The molecule has 168 valence electrons. The molecule has 2 amide bonds. The number of carbonyl (C=O) groups excluding carboxylic acids is 2. The Labute approximate surface area is 189 Å². The van der Waals surface area contributed by atoms with Crippen molar-refractivity contribution in [1.82, 2.24) is 19.7 Å². The van der Waals surface area contributed by atoms with Gasteiger partial charge in [0.15, 0.2) is 5.13 Å². The number of anilines is 1. The van der Waals surface area contributed by atoms with E-state index in [0.29, 0.717) is 18.2 Å². The van der Waals surface area contributed by atoms with Crippen molar-refractivity contribution in [3.63, 3.8) is 0 Å². The van der Waals surface area contributed by atoms with Gasteiger partial charge in [0.2, 0.25) is 11.8 Å². The second kappa shape index (κ2) is 10.8. The molecular formula is C23H33N5O2S. The Balaban J connectivity index is 1.45. The van der Waals surface area contributed by atoms with Crippen LogP contribution in [0.1, 0.15) is 25.0 Å². The molecule has 1 N–H and O–H groups in total. The first kappa shape index (κ1) is 23.4. The Kier molecular flexibility index (Phi) is 8.17. The summed E-state index contributed by atoms with van der Waals surface area (Å²) >= 11 is 1.45. The summed E-state index contributed by atoms with van der Waals surface area (Å²) in [6.45, 7) is 13.7. The Hall–Kier alpha value is -2.29. The number of piperazine rings is 1. The summed E-state index contributed by atoms with van der Waals surface area (Å²) in [5.74, 6) is 0.133. The van der Waals surface area contributed by atoms with Gasteiger partial charge in [-0.3, -0.25) is 19.4 Å². The summed E-state index contributed by atoms with van der Waals surface area (Å²) < 4.78 is 0. The van der Waals surface area contributed by atoms with E-state index in [2.05, 4.69) is 52.1 Å². The van der Waals surface area contributed by atoms with Crippen LogP contribution in [0.4, 0.5) is 5.13 Å². The molecule has 7 nitrogen and oxygen atoms in total. The van der Waals surface area contributed by atoms with Crippen molar-refractivity contribution in [3.05, 3.63) is 34.7 Å². The van der Waals surface area contributed by atoms with E-state index in [1.807, 2.05) is 24.1 Å². The van der Waals surface area contributed by atoms with E-state index >= 15 is 0 Å². The van der Waals surface area contributed by atoms with Crippen molar-refractivity contribution in [3.8, 4) is 11.3 Å². The second-order valence-corrected chi connectivity index (χ2v) is 8.86. The molecule has 0 bridgehead atoms. The number of nitrogens with zero attached hydrogens (tertiary/aromatic N) is 4. The summed E-state index contributed by atoms with van der Waals surface area (Å²) in [6.07, 6.45) is 0. The topological polar surface area (TPSA) is 68.8 Å². The smallest absolute Gasteiger partial charge is 0.240 e. The molecule has 1 aliphatic rings. The zero-order chi connectivity index (χ0) is 22.4. The van der Waals surface area contributed by atoms with Crippen LogP contribution in [0.3, 0.4) is 0 Å². The predicted molar refractivity (Wildman–Crippen MR) is 126 cm³/mol. The van der Waals surface area contributed by atoms with E-state index in [1.165, 1.54) is 22.5 Å². The quantitative estimate of drug-likeness (QED) is 0.680. The van der Waals surface area contributed by atoms with Crippen LogP contribution in [0, 0.1) is 13.8 Å². The summed E-state index contributed by atoms with van der Waals surface area (Å²) in [5.41, 5.74) is 4.43. The van der Waals surface area contributed by atoms with Crippen molar-refractivity contribution in [2.45, 2.75) is 27.7 Å². The maximum Gasteiger partial charge on any atom is 0.240 e. The van der Waals surface area contributed by atoms with E-state index in [0.717, 1.165) is 50.5 Å². The maximum atomic E-state index is 12.5. The van der Waals surface area contributed by atoms with Gasteiger partial charge >= 0.3 is 0 Å². The van der Waals surface area contributed by atoms with Crippen LogP contribution < -0.4 is 5.32 Å². The Bertz CT molecular complexity index is 901. The van der Waals surface area contributed by atoms with Crippen LogP contribution in [0.5, 0.6) is 0 Å². The van der Waals surface area contributed by atoms with Crippen LogP contribution in [0.15, 0.2) is 23.6 Å². The lowest BCUT2D eigenvalue weighted by molar-refractivity contribution is -0.132. The Morgan fingerprint density at radius 3 is 2.29 bits per heavy atom. The minimum Gasteiger partial charge on any atom is -0.342 e. The van der Waals surface area contributed by atoms with Gasteiger partial charge in [-0.2, -0.15) is 0 Å². The highest BCUT2D eigenvalue weighted by molar-refractivity contribution is 7.14. The van der Waals surface area contributed by atoms with Gasteiger partial charge in [0.1, 0.15) is 0 Å². The number of rotatable bonds is 8. The van der Waals surface area contributed by atoms with Crippen molar-refractivity contribution in [2.24, 2.45) is 0 Å². The van der Waals surface area contributed by atoms with Crippen molar-refractivity contribution in [1.29, 1.82) is 0 Å². The first-order valence-electron chi connectivity index (χ1n) is 10.9. The van der Waals surface area contributed by atoms with Gasteiger partial charge in [-0.05, 0) is 44.9 Å². The third-order valence-electron chi connectivity index (χ3n) is 5.86. The van der Waals surface area contributed by atoms with Gasteiger partial charge in [0, 0.05) is 50.2 Å². The SMILES string of the molecule is CCN(CC)C(=O)CN1CCN(CC(=O)Nc2nc(-c3ccc(C)c(C)c3)cs2)CC1. The highest BCUT2D eigenvalue weighted by Gasteiger charge is 2.22. The largest absolute Gasteiger partial charge is 0.342 e. The molecule has 0 unspecified atom stereocenters. The highest BCUT2D eigenvalue weighted by atomic mass is 32.1. The Morgan fingerprint density at radius 2 is 1.68 bits per heavy atom. The molecule has 1 aromatic heterocycles. The lowest BCUT2D eigenvalue weighted by Crippen LogP contribution is -2.51. The van der Waals surface area contributed by atoms with Gasteiger partial charge in [-0.25, -0.2) is 4.98 Å². The van der Waals surface area contributed by atoms with E-state index in [4.69, 9.17) is 0 Å². The second-order valence-electron chi connectivity index (χ2n) is 8.00. The van der Waals surface area contributed by atoms with E-state index in [9.17, 15) is 9.59 Å². The van der Waals surface area contributed by atoms with Gasteiger partial charge in [-0.15, -0.1) is 11.3 Å². The highest BCUT2D eigenvalue weighted by Crippen LogP contribution is 2.26. The van der Waals surface area contributed by atoms with E-state index in [-0.39, 0.29) is 11.8 Å². The van der Waals surface area contributed by atoms with Gasteiger partial charge in [-0.1, -0.05) is 12.1 Å². The number of aromatic nitrogens is 1. The summed E-state index contributed by atoms with van der Waals surface area (Å²) in [4.78, 5) is 35.5. The molecule has 31 heavy (non-hydrogen) atoms. The zero-order valence-corrected chi connectivity index (χ0v) is 19.8. The molecule has 0 saturated carbocycles. The molecule has 0 atom stereocenters. The van der Waals surface area contributed by atoms with Crippen LogP contribution in [0.2, 0.25) is 0 Å². The number of hydrogen-bond donors (Lipinski definition) is 1. The third-order valence-corrected chi connectivity index (χ3v) is 6.62. The zero-order valence-electron chi connectivity index (χ0n) is 19.0. The van der Waals surface area contributed by atoms with Crippen LogP contribution >= 0.6 is 11.3 Å². The summed E-state index contributed by atoms with van der Waals surface area (Å²) in [7, 11) is 0. The molecule has 0 aliphatic carbocycles. The van der Waals surface area contributed by atoms with E-state index in [1.54, 1.807) is 0 Å². The first-order chi connectivity index (χ1) is 14.9. The number of benzene rings is 1. The normalized spacial score (nSPS) is 15.1. The maximum absolute atomic E-state index is 12.5. The molecule has 1 aromatic carbocycles. The number of hydrogen-bond acceptors (Lipinski definition) is 6. The Morgan fingerprint density at radius 1 is 1.03 bits per heavy atom. The monoisotopic (exact) mass is 443 g/mol. The molecule has 1 saturated heterocycles. The standard InChI is InChI=1S/C23H33N5O2S/c1-5-28(6-2)22(30)15-27-11-9-26(10-12-27)14-21(29)25-23-24-20(16-31-23)19-8-7-17(3)18(4)13-19/h7-8,13,16H,5-6,9-12,14-15H2,1-4H3,(H,24,25,29). The number of aryl methyl sites for hydroxylation is 2. The molecule has 8 heteroatoms. The number of nitrogens with one attached hydrogen (secondary N) is 1. The van der Waals surface area contributed by atoms with Crippen LogP contribution in [0.25, 0.3) is 11.3 Å². The molecule has 0 spiro atoms. The minimum atomic E-state index is -0.0475. The predicted octanol–water partition coefficient (Wildman–Crippen LogP) is 2.85. The minimum absolute atomic E-state index is 0.0475. The molecule has 1 aliphatic heterocycles. The average molecular weight is 444 g/mol. The first-order valence-corrected chi connectivity index (χ1v) is 11.8. The van der Waals surface area contributed by atoms with Gasteiger partial charge in [0.25, 0.3) is 0 Å². The average Bonchev–Trinajstić information content (AvgIpc) is 3.20. The van der Waals surface area contributed by atoms with Gasteiger partial charge < -0.3 is 10.2 Å². The van der Waals surface area contributed by atoms with Crippen LogP contribution in [-0.2, 0) is 9.59 Å². The van der Waals surface area contributed by atoms with Crippen LogP contribution in [-0.4, -0.2) is 83.9 Å². The molecule has 3 rings (SSSR count). The number of likely N-dealkylation sites (N-methyl/N-ethyl adjacent to an activating group) is 1. The van der Waals surface area contributed by atoms with Gasteiger partial charge in [0.05, 0.1) is 18.8 Å². The van der Waals surface area contributed by atoms with Crippen molar-refractivity contribution >= 4 is 28.3 Å². The number of thiazole rings is 1. The lowest BCUT2D eigenvalue weighted by atomic mass is 10.1. The molecule has 2 aromatic rings. The third kappa shape index (κ3) is 6.35.